The van der Waals surface area contributed by atoms with Gasteiger partial charge in [0.1, 0.15) is 18.5 Å². The Labute approximate surface area is 146 Å². The van der Waals surface area contributed by atoms with Crippen LogP contribution in [0.15, 0.2) is 48.5 Å². The number of hydrogen-bond donors (Lipinski definition) is 2. The zero-order valence-corrected chi connectivity index (χ0v) is 14.0. The largest absolute Gasteiger partial charge is 0.491 e. The SMILES string of the molecule is N#Cc1ccc(OCC(O)CNC2(c3cccc(Cl)c3)CC2)cc1. The number of aliphatic hydroxyl groups excluding tert-OH is 1. The van der Waals surface area contributed by atoms with Gasteiger partial charge in [-0.3, -0.25) is 0 Å². The van der Waals surface area contributed by atoms with Crippen LogP contribution in [0.4, 0.5) is 0 Å². The first-order chi connectivity index (χ1) is 11.6. The lowest BCUT2D eigenvalue weighted by molar-refractivity contribution is 0.102. The molecule has 0 heterocycles. The second-order valence-corrected chi connectivity index (χ2v) is 6.51. The molecular formula is C19H19ClN2O2. The quantitative estimate of drug-likeness (QED) is 0.810. The van der Waals surface area contributed by atoms with Crippen LogP contribution in [0.5, 0.6) is 5.75 Å². The van der Waals surface area contributed by atoms with Crippen molar-refractivity contribution >= 4 is 11.6 Å². The van der Waals surface area contributed by atoms with Crippen molar-refractivity contribution in [3.8, 4) is 11.8 Å². The molecule has 4 nitrogen and oxygen atoms in total. The second kappa shape index (κ2) is 7.23. The van der Waals surface area contributed by atoms with Crippen molar-refractivity contribution in [1.82, 2.24) is 5.32 Å². The minimum Gasteiger partial charge on any atom is -0.491 e. The summed E-state index contributed by atoms with van der Waals surface area (Å²) < 4.78 is 5.56. The first-order valence-electron chi connectivity index (χ1n) is 7.93. The van der Waals surface area contributed by atoms with Crippen molar-refractivity contribution in [1.29, 1.82) is 5.26 Å². The second-order valence-electron chi connectivity index (χ2n) is 6.07. The molecule has 1 atom stereocenters. The van der Waals surface area contributed by atoms with Crippen LogP contribution < -0.4 is 10.1 Å². The number of ether oxygens (including phenoxy) is 1. The smallest absolute Gasteiger partial charge is 0.119 e. The van der Waals surface area contributed by atoms with Crippen molar-refractivity contribution in [2.75, 3.05) is 13.2 Å². The van der Waals surface area contributed by atoms with Crippen LogP contribution >= 0.6 is 11.6 Å². The summed E-state index contributed by atoms with van der Waals surface area (Å²) in [6.07, 6.45) is 1.46. The summed E-state index contributed by atoms with van der Waals surface area (Å²) in [6, 6.07) is 16.7. The van der Waals surface area contributed by atoms with E-state index in [2.05, 4.69) is 17.5 Å². The summed E-state index contributed by atoms with van der Waals surface area (Å²) in [6.45, 7) is 0.646. The van der Waals surface area contributed by atoms with Crippen molar-refractivity contribution in [2.45, 2.75) is 24.5 Å². The van der Waals surface area contributed by atoms with Gasteiger partial charge in [0.05, 0.1) is 11.6 Å². The van der Waals surface area contributed by atoms with E-state index in [4.69, 9.17) is 21.6 Å². The molecular weight excluding hydrogens is 324 g/mol. The van der Waals surface area contributed by atoms with Crippen LogP contribution in [0.25, 0.3) is 0 Å². The molecule has 2 aromatic rings. The normalized spacial score (nSPS) is 16.2. The summed E-state index contributed by atoms with van der Waals surface area (Å²) in [4.78, 5) is 0. The van der Waals surface area contributed by atoms with E-state index in [1.165, 1.54) is 0 Å². The number of nitrogens with one attached hydrogen (secondary N) is 1. The maximum Gasteiger partial charge on any atom is 0.119 e. The van der Waals surface area contributed by atoms with Crippen molar-refractivity contribution in [2.24, 2.45) is 0 Å². The Morgan fingerprint density at radius 3 is 2.62 bits per heavy atom. The molecule has 3 rings (SSSR count). The number of halogens is 1. The zero-order chi connectivity index (χ0) is 17.0. The van der Waals surface area contributed by atoms with E-state index in [1.807, 2.05) is 18.2 Å². The minimum atomic E-state index is -0.614. The number of rotatable bonds is 7. The number of hydrogen-bond acceptors (Lipinski definition) is 4. The third kappa shape index (κ3) is 4.07. The molecule has 0 radical (unpaired) electrons. The van der Waals surface area contributed by atoms with E-state index < -0.39 is 6.10 Å². The molecule has 1 aliphatic carbocycles. The Hall–Kier alpha value is -2.06. The topological polar surface area (TPSA) is 65.3 Å². The lowest BCUT2D eigenvalue weighted by Crippen LogP contribution is -2.38. The first kappa shape index (κ1) is 16.8. The fraction of sp³-hybridized carbons (Fsp3) is 0.316. The monoisotopic (exact) mass is 342 g/mol. The Kier molecular flexibility index (Phi) is 5.06. The molecule has 5 heteroatoms. The van der Waals surface area contributed by atoms with Gasteiger partial charge in [-0.1, -0.05) is 23.7 Å². The molecule has 1 unspecified atom stereocenters. The van der Waals surface area contributed by atoms with Crippen LogP contribution in [0.3, 0.4) is 0 Å². The third-order valence-electron chi connectivity index (χ3n) is 4.23. The fourth-order valence-electron chi connectivity index (χ4n) is 2.67. The Morgan fingerprint density at radius 1 is 1.25 bits per heavy atom. The molecule has 0 aromatic heterocycles. The molecule has 0 spiro atoms. The van der Waals surface area contributed by atoms with Gasteiger partial charge >= 0.3 is 0 Å². The lowest BCUT2D eigenvalue weighted by Gasteiger charge is -2.21. The summed E-state index contributed by atoms with van der Waals surface area (Å²) in [7, 11) is 0. The van der Waals surface area contributed by atoms with E-state index in [0.29, 0.717) is 17.9 Å². The molecule has 124 valence electrons. The maximum absolute atomic E-state index is 10.1. The average molecular weight is 343 g/mol. The van der Waals surface area contributed by atoms with Gasteiger partial charge in [-0.2, -0.15) is 5.26 Å². The molecule has 1 saturated carbocycles. The Balaban J connectivity index is 1.49. The maximum atomic E-state index is 10.1. The lowest BCUT2D eigenvalue weighted by atomic mass is 10.0. The van der Waals surface area contributed by atoms with Crippen molar-refractivity contribution < 1.29 is 9.84 Å². The molecule has 2 N–H and O–H groups in total. The van der Waals surface area contributed by atoms with Gasteiger partial charge in [-0.15, -0.1) is 0 Å². The van der Waals surface area contributed by atoms with Gasteiger partial charge in [-0.25, -0.2) is 0 Å². The molecule has 0 aliphatic heterocycles. The number of nitriles is 1. The number of nitrogens with zero attached hydrogens (tertiary/aromatic N) is 1. The predicted molar refractivity (Wildman–Crippen MR) is 93.0 cm³/mol. The highest BCUT2D eigenvalue weighted by Crippen LogP contribution is 2.45. The van der Waals surface area contributed by atoms with Crippen LogP contribution in [0.2, 0.25) is 5.02 Å². The fourth-order valence-corrected chi connectivity index (χ4v) is 2.86. The van der Waals surface area contributed by atoms with Gasteiger partial charge in [-0.05, 0) is 54.8 Å². The van der Waals surface area contributed by atoms with Gasteiger partial charge in [0.15, 0.2) is 0 Å². The average Bonchev–Trinajstić information content (AvgIpc) is 3.40. The summed E-state index contributed by atoms with van der Waals surface area (Å²) in [5.41, 5.74) is 1.68. The number of aliphatic hydroxyl groups is 1. The van der Waals surface area contributed by atoms with E-state index >= 15 is 0 Å². The molecule has 0 bridgehead atoms. The molecule has 2 aromatic carbocycles. The molecule has 0 saturated heterocycles. The van der Waals surface area contributed by atoms with E-state index in [9.17, 15) is 5.11 Å². The molecule has 1 fully saturated rings. The van der Waals surface area contributed by atoms with Crippen LogP contribution in [0, 0.1) is 11.3 Å². The van der Waals surface area contributed by atoms with Crippen LogP contribution in [-0.2, 0) is 5.54 Å². The summed E-state index contributed by atoms with van der Waals surface area (Å²) in [5.74, 6) is 0.643. The highest BCUT2D eigenvalue weighted by atomic mass is 35.5. The number of benzene rings is 2. The first-order valence-corrected chi connectivity index (χ1v) is 8.31. The molecule has 1 aliphatic rings. The van der Waals surface area contributed by atoms with Crippen LogP contribution in [0.1, 0.15) is 24.0 Å². The van der Waals surface area contributed by atoms with Crippen LogP contribution in [-0.4, -0.2) is 24.4 Å². The Bertz CT molecular complexity index is 736. The van der Waals surface area contributed by atoms with Crippen molar-refractivity contribution in [3.05, 3.63) is 64.7 Å². The van der Waals surface area contributed by atoms with E-state index in [-0.39, 0.29) is 12.1 Å². The molecule has 24 heavy (non-hydrogen) atoms. The van der Waals surface area contributed by atoms with E-state index in [1.54, 1.807) is 24.3 Å². The van der Waals surface area contributed by atoms with Gasteiger partial charge in [0.25, 0.3) is 0 Å². The van der Waals surface area contributed by atoms with E-state index in [0.717, 1.165) is 23.4 Å². The molecule has 0 amide bonds. The third-order valence-corrected chi connectivity index (χ3v) is 4.46. The van der Waals surface area contributed by atoms with Gasteiger partial charge in [0.2, 0.25) is 0 Å². The summed E-state index contributed by atoms with van der Waals surface area (Å²) in [5, 5.41) is 23.1. The summed E-state index contributed by atoms with van der Waals surface area (Å²) >= 11 is 6.06. The highest BCUT2D eigenvalue weighted by molar-refractivity contribution is 6.30. The standard InChI is InChI=1S/C19H19ClN2O2/c20-16-3-1-2-15(10-16)19(8-9-19)22-12-17(23)13-24-18-6-4-14(11-21)5-7-18/h1-7,10,17,22-23H,8-9,12-13H2. The minimum absolute atomic E-state index is 0.0691. The van der Waals surface area contributed by atoms with Gasteiger partial charge < -0.3 is 15.2 Å². The van der Waals surface area contributed by atoms with Crippen molar-refractivity contribution in [3.63, 3.8) is 0 Å². The van der Waals surface area contributed by atoms with Gasteiger partial charge in [0, 0.05) is 17.1 Å². The highest BCUT2D eigenvalue weighted by Gasteiger charge is 2.44. The predicted octanol–water partition coefficient (Wildman–Crippen LogP) is 3.23. The Morgan fingerprint density at radius 2 is 2.00 bits per heavy atom. The zero-order valence-electron chi connectivity index (χ0n) is 13.2.